The van der Waals surface area contributed by atoms with Gasteiger partial charge in [-0.2, -0.15) is 0 Å². The van der Waals surface area contributed by atoms with Crippen molar-refractivity contribution in [2.24, 2.45) is 0 Å². The first kappa shape index (κ1) is 15.2. The number of benzene rings is 1. The van der Waals surface area contributed by atoms with E-state index in [0.717, 1.165) is 12.8 Å². The van der Waals surface area contributed by atoms with E-state index in [1.807, 2.05) is 0 Å². The van der Waals surface area contributed by atoms with E-state index >= 15 is 0 Å². The minimum Gasteiger partial charge on any atom is -0.367 e. The lowest BCUT2D eigenvalue weighted by Gasteiger charge is -2.15. The molecule has 1 heterocycles. The van der Waals surface area contributed by atoms with Crippen LogP contribution >= 0.6 is 0 Å². The number of aromatic nitrogens is 2. The molecule has 0 aliphatic heterocycles. The topological polar surface area (TPSA) is 81.0 Å². The van der Waals surface area contributed by atoms with Gasteiger partial charge in [0.1, 0.15) is 12.1 Å². The van der Waals surface area contributed by atoms with Gasteiger partial charge in [0.2, 0.25) is 0 Å². The molecular weight excluding hydrogens is 268 g/mol. The minimum absolute atomic E-state index is 0.0546. The molecule has 112 valence electrons. The first-order valence-corrected chi connectivity index (χ1v) is 7.27. The average molecular weight is 288 g/mol. The molecule has 6 heteroatoms. The summed E-state index contributed by atoms with van der Waals surface area (Å²) in [6, 6.07) is 4.91. The van der Waals surface area contributed by atoms with Gasteiger partial charge in [-0.1, -0.05) is 26.2 Å². The quantitative estimate of drug-likeness (QED) is 0.474. The summed E-state index contributed by atoms with van der Waals surface area (Å²) in [7, 11) is 0. The third-order valence-corrected chi connectivity index (χ3v) is 3.45. The van der Waals surface area contributed by atoms with Gasteiger partial charge in [0.15, 0.2) is 0 Å². The average Bonchev–Trinajstić information content (AvgIpc) is 2.47. The van der Waals surface area contributed by atoms with Crippen LogP contribution in [-0.4, -0.2) is 20.9 Å². The van der Waals surface area contributed by atoms with Crippen molar-refractivity contribution in [3.63, 3.8) is 0 Å². The molecule has 0 amide bonds. The number of nitro benzene ring substituents is 1. The first-order valence-electron chi connectivity index (χ1n) is 7.27. The largest absolute Gasteiger partial charge is 0.367 e. The maximum absolute atomic E-state index is 10.9. The van der Waals surface area contributed by atoms with Gasteiger partial charge in [-0.25, -0.2) is 9.97 Å². The Balaban J connectivity index is 2.22. The summed E-state index contributed by atoms with van der Waals surface area (Å²) in [6.45, 7) is 4.27. The van der Waals surface area contributed by atoms with Gasteiger partial charge >= 0.3 is 0 Å². The molecule has 0 saturated heterocycles. The molecule has 0 spiro atoms. The van der Waals surface area contributed by atoms with E-state index in [4.69, 9.17) is 0 Å². The van der Waals surface area contributed by atoms with Crippen molar-refractivity contribution in [1.82, 2.24) is 9.97 Å². The van der Waals surface area contributed by atoms with E-state index in [-0.39, 0.29) is 11.7 Å². The number of unbranched alkanes of at least 4 members (excludes halogenated alkanes) is 2. The summed E-state index contributed by atoms with van der Waals surface area (Å²) >= 11 is 0. The fourth-order valence-electron chi connectivity index (χ4n) is 2.28. The van der Waals surface area contributed by atoms with Crippen LogP contribution in [0.4, 0.5) is 11.5 Å². The molecule has 2 aromatic rings. The number of anilines is 1. The number of hydrogen-bond donors (Lipinski definition) is 1. The second-order valence-corrected chi connectivity index (χ2v) is 5.22. The molecule has 2 rings (SSSR count). The smallest absolute Gasteiger partial charge is 0.270 e. The maximum atomic E-state index is 10.9. The molecule has 1 aromatic heterocycles. The number of non-ortho nitro benzene ring substituents is 1. The number of hydrogen-bond acceptors (Lipinski definition) is 5. The van der Waals surface area contributed by atoms with Crippen LogP contribution in [0.3, 0.4) is 0 Å². The molecular formula is C15H20N4O2. The zero-order valence-electron chi connectivity index (χ0n) is 12.4. The van der Waals surface area contributed by atoms with E-state index < -0.39 is 4.92 Å². The normalized spacial score (nSPS) is 12.3. The van der Waals surface area contributed by atoms with E-state index in [2.05, 4.69) is 29.1 Å². The predicted octanol–water partition coefficient (Wildman–Crippen LogP) is 3.92. The maximum Gasteiger partial charge on any atom is 0.270 e. The van der Waals surface area contributed by atoms with Crippen LogP contribution in [0.15, 0.2) is 24.5 Å². The Labute approximate surface area is 123 Å². The number of nitrogens with one attached hydrogen (secondary N) is 1. The van der Waals surface area contributed by atoms with Crippen LogP contribution in [-0.2, 0) is 0 Å². The number of nitro groups is 1. The lowest BCUT2D eigenvalue weighted by molar-refractivity contribution is -0.384. The highest BCUT2D eigenvalue weighted by Gasteiger charge is 2.12. The van der Waals surface area contributed by atoms with Crippen LogP contribution < -0.4 is 5.32 Å². The van der Waals surface area contributed by atoms with Crippen LogP contribution in [0.2, 0.25) is 0 Å². The lowest BCUT2D eigenvalue weighted by atomic mass is 10.1. The van der Waals surface area contributed by atoms with E-state index in [1.54, 1.807) is 6.07 Å². The molecule has 6 nitrogen and oxygen atoms in total. The van der Waals surface area contributed by atoms with Gasteiger partial charge in [0, 0.05) is 23.6 Å². The molecule has 1 N–H and O–H groups in total. The standard InChI is InChI=1S/C15H20N4O2/c1-3-4-5-6-11(2)18-15-13-9-12(19(20)21)7-8-14(13)16-10-17-15/h7-11H,3-6H2,1-2H3,(H,16,17,18). The highest BCUT2D eigenvalue weighted by molar-refractivity contribution is 5.90. The zero-order valence-corrected chi connectivity index (χ0v) is 12.4. The molecule has 21 heavy (non-hydrogen) atoms. The number of fused-ring (bicyclic) bond motifs is 1. The molecule has 0 aliphatic rings. The molecule has 0 fully saturated rings. The second-order valence-electron chi connectivity index (χ2n) is 5.22. The summed E-state index contributed by atoms with van der Waals surface area (Å²) in [5.74, 6) is 0.660. The van der Waals surface area contributed by atoms with Crippen molar-refractivity contribution in [1.29, 1.82) is 0 Å². The van der Waals surface area contributed by atoms with Crippen molar-refractivity contribution >= 4 is 22.4 Å². The Bertz CT molecular complexity index is 630. The number of rotatable bonds is 7. The van der Waals surface area contributed by atoms with E-state index in [1.165, 1.54) is 31.3 Å². The Morgan fingerprint density at radius 2 is 2.14 bits per heavy atom. The van der Waals surface area contributed by atoms with Gasteiger partial charge in [-0.3, -0.25) is 10.1 Å². The van der Waals surface area contributed by atoms with Gasteiger partial charge in [-0.05, 0) is 19.4 Å². The summed E-state index contributed by atoms with van der Waals surface area (Å²) in [6.07, 6.45) is 6.09. The van der Waals surface area contributed by atoms with Crippen molar-refractivity contribution in [2.45, 2.75) is 45.6 Å². The van der Waals surface area contributed by atoms with E-state index in [9.17, 15) is 10.1 Å². The van der Waals surface area contributed by atoms with Crippen molar-refractivity contribution < 1.29 is 4.92 Å². The van der Waals surface area contributed by atoms with Crippen LogP contribution in [0.25, 0.3) is 10.9 Å². The highest BCUT2D eigenvalue weighted by Crippen LogP contribution is 2.25. The van der Waals surface area contributed by atoms with Crippen molar-refractivity contribution in [3.8, 4) is 0 Å². The Kier molecular flexibility index (Phi) is 5.03. The lowest BCUT2D eigenvalue weighted by Crippen LogP contribution is -2.16. The zero-order chi connectivity index (χ0) is 15.2. The van der Waals surface area contributed by atoms with Crippen LogP contribution in [0.5, 0.6) is 0 Å². The van der Waals surface area contributed by atoms with Crippen LogP contribution in [0, 0.1) is 10.1 Å². The Morgan fingerprint density at radius 3 is 2.86 bits per heavy atom. The molecule has 0 bridgehead atoms. The van der Waals surface area contributed by atoms with Gasteiger partial charge < -0.3 is 5.32 Å². The summed E-state index contributed by atoms with van der Waals surface area (Å²) < 4.78 is 0. The molecule has 1 unspecified atom stereocenters. The Morgan fingerprint density at radius 1 is 1.33 bits per heavy atom. The SMILES string of the molecule is CCCCCC(C)Nc1ncnc2ccc([N+](=O)[O-])cc12. The molecule has 0 aliphatic carbocycles. The molecule has 1 atom stereocenters. The molecule has 0 saturated carbocycles. The summed E-state index contributed by atoms with van der Waals surface area (Å²) in [5.41, 5.74) is 0.762. The first-order chi connectivity index (χ1) is 10.1. The molecule has 0 radical (unpaired) electrons. The third kappa shape index (κ3) is 3.87. The van der Waals surface area contributed by atoms with Crippen molar-refractivity contribution in [3.05, 3.63) is 34.6 Å². The number of nitrogens with zero attached hydrogens (tertiary/aromatic N) is 3. The summed E-state index contributed by atoms with van der Waals surface area (Å²) in [4.78, 5) is 18.9. The van der Waals surface area contributed by atoms with Gasteiger partial charge in [0.25, 0.3) is 5.69 Å². The minimum atomic E-state index is -0.402. The molecule has 1 aromatic carbocycles. The fraction of sp³-hybridized carbons (Fsp3) is 0.467. The monoisotopic (exact) mass is 288 g/mol. The fourth-order valence-corrected chi connectivity index (χ4v) is 2.28. The second kappa shape index (κ2) is 6.97. The van der Waals surface area contributed by atoms with Crippen molar-refractivity contribution in [2.75, 3.05) is 5.32 Å². The predicted molar refractivity (Wildman–Crippen MR) is 83.4 cm³/mol. The van der Waals surface area contributed by atoms with E-state index in [0.29, 0.717) is 16.7 Å². The van der Waals surface area contributed by atoms with Gasteiger partial charge in [-0.15, -0.1) is 0 Å². The van der Waals surface area contributed by atoms with Crippen LogP contribution in [0.1, 0.15) is 39.5 Å². The summed E-state index contributed by atoms with van der Waals surface area (Å²) in [5, 5.41) is 14.9. The highest BCUT2D eigenvalue weighted by atomic mass is 16.6. The van der Waals surface area contributed by atoms with Gasteiger partial charge in [0.05, 0.1) is 10.4 Å². The third-order valence-electron chi connectivity index (χ3n) is 3.45. The Hall–Kier alpha value is -2.24.